The topological polar surface area (TPSA) is 72.7 Å². The zero-order valence-corrected chi connectivity index (χ0v) is 12.9. The molecule has 0 spiro atoms. The minimum atomic E-state index is -4.55. The molecule has 1 N–H and O–H groups in total. The van der Waals surface area contributed by atoms with Gasteiger partial charge in [-0.05, 0) is 31.2 Å². The van der Waals surface area contributed by atoms with Gasteiger partial charge in [-0.25, -0.2) is 15.0 Å². The predicted octanol–water partition coefficient (Wildman–Crippen LogP) is 3.24. The highest BCUT2D eigenvalue weighted by molar-refractivity contribution is 6.04. The van der Waals surface area contributed by atoms with Crippen LogP contribution in [-0.2, 0) is 6.18 Å². The van der Waals surface area contributed by atoms with Crippen molar-refractivity contribution in [2.24, 2.45) is 0 Å². The summed E-state index contributed by atoms with van der Waals surface area (Å²) in [6.07, 6.45) is 1.81. The van der Waals surface area contributed by atoms with Crippen LogP contribution < -0.4 is 5.32 Å². The van der Waals surface area contributed by atoms with E-state index in [0.29, 0.717) is 11.5 Å². The summed E-state index contributed by atoms with van der Waals surface area (Å²) in [5, 5.41) is 2.58. The molecule has 128 valence electrons. The van der Waals surface area contributed by atoms with Crippen molar-refractivity contribution in [1.29, 1.82) is 0 Å². The number of aromatic nitrogens is 4. The maximum atomic E-state index is 12.6. The van der Waals surface area contributed by atoms with Gasteiger partial charge in [0.1, 0.15) is 17.8 Å². The smallest absolute Gasteiger partial charge is 0.321 e. The molecule has 0 saturated heterocycles. The van der Waals surface area contributed by atoms with Gasteiger partial charge < -0.3 is 5.32 Å². The number of alkyl halides is 3. The number of carbonyl (C=O) groups is 1. The quantitative estimate of drug-likeness (QED) is 0.789. The summed E-state index contributed by atoms with van der Waals surface area (Å²) in [6.45, 7) is 1.35. The Morgan fingerprint density at radius 1 is 1.20 bits per heavy atom. The number of nitrogens with zero attached hydrogens (tertiary/aromatic N) is 4. The molecule has 0 aliphatic rings. The first kappa shape index (κ1) is 16.6. The molecule has 0 aliphatic carbocycles. The Balaban J connectivity index is 1.76. The third-order valence-electron chi connectivity index (χ3n) is 3.40. The van der Waals surface area contributed by atoms with E-state index in [9.17, 15) is 18.0 Å². The van der Waals surface area contributed by atoms with Gasteiger partial charge in [0.25, 0.3) is 5.91 Å². The lowest BCUT2D eigenvalue weighted by Gasteiger charge is -2.10. The van der Waals surface area contributed by atoms with Crippen molar-refractivity contribution in [1.82, 2.24) is 19.5 Å². The molecular formula is C16H12F3N5O. The lowest BCUT2D eigenvalue weighted by atomic mass is 10.1. The van der Waals surface area contributed by atoms with Gasteiger partial charge in [0.05, 0.1) is 23.1 Å². The van der Waals surface area contributed by atoms with Crippen LogP contribution in [-0.4, -0.2) is 25.4 Å². The van der Waals surface area contributed by atoms with E-state index in [0.717, 1.165) is 12.1 Å². The Morgan fingerprint density at radius 2 is 2.00 bits per heavy atom. The minimum absolute atomic E-state index is 0.00433. The van der Waals surface area contributed by atoms with Gasteiger partial charge in [0.15, 0.2) is 0 Å². The first-order chi connectivity index (χ1) is 11.8. The number of halogens is 3. The lowest BCUT2D eigenvalue weighted by Crippen LogP contribution is -2.16. The molecule has 3 aromatic rings. The van der Waals surface area contributed by atoms with Crippen molar-refractivity contribution in [3.63, 3.8) is 0 Å². The van der Waals surface area contributed by atoms with E-state index in [4.69, 9.17) is 0 Å². The maximum absolute atomic E-state index is 12.6. The Morgan fingerprint density at radius 3 is 2.56 bits per heavy atom. The molecule has 0 atom stereocenters. The van der Waals surface area contributed by atoms with E-state index in [1.807, 2.05) is 0 Å². The van der Waals surface area contributed by atoms with Gasteiger partial charge in [-0.15, -0.1) is 0 Å². The summed E-state index contributed by atoms with van der Waals surface area (Å²) >= 11 is 0. The second kappa shape index (κ2) is 6.34. The van der Waals surface area contributed by atoms with Gasteiger partial charge >= 0.3 is 6.18 Å². The molecule has 0 aromatic carbocycles. The molecule has 0 unspecified atom stereocenters. The predicted molar refractivity (Wildman–Crippen MR) is 83.3 cm³/mol. The summed E-state index contributed by atoms with van der Waals surface area (Å²) in [5.74, 6) is 0.0544. The van der Waals surface area contributed by atoms with Crippen molar-refractivity contribution in [3.05, 3.63) is 66.1 Å². The number of hydrogen-bond acceptors (Lipinski definition) is 4. The van der Waals surface area contributed by atoms with Crippen LogP contribution in [0.4, 0.5) is 18.9 Å². The molecular weight excluding hydrogens is 335 g/mol. The highest BCUT2D eigenvalue weighted by Gasteiger charge is 2.33. The van der Waals surface area contributed by atoms with Crippen LogP contribution in [0.1, 0.15) is 21.7 Å². The Kier molecular flexibility index (Phi) is 4.22. The summed E-state index contributed by atoms with van der Waals surface area (Å²) in [4.78, 5) is 23.8. The van der Waals surface area contributed by atoms with Crippen LogP contribution in [0.3, 0.4) is 0 Å². The number of pyridine rings is 2. The van der Waals surface area contributed by atoms with E-state index in [-0.39, 0.29) is 11.3 Å². The number of rotatable bonds is 3. The Hall–Kier alpha value is -3.23. The molecule has 0 saturated carbocycles. The van der Waals surface area contributed by atoms with Gasteiger partial charge in [0, 0.05) is 12.4 Å². The highest BCUT2D eigenvalue weighted by atomic mass is 19.4. The number of imidazole rings is 1. The van der Waals surface area contributed by atoms with E-state index in [1.165, 1.54) is 13.1 Å². The van der Waals surface area contributed by atoms with Gasteiger partial charge in [-0.3, -0.25) is 9.36 Å². The number of hydrogen-bond donors (Lipinski definition) is 1. The number of nitrogens with one attached hydrogen (secondary N) is 1. The molecule has 3 heterocycles. The minimum Gasteiger partial charge on any atom is -0.321 e. The standard InChI is InChI=1S/C16H12F3N5O/c1-10-12(3-4-13(22-10)16(17,18)19)15(25)23-11-2-5-14(21-8-11)24-7-6-20-9-24/h2-9H,1H3,(H,23,25). The number of aryl methyl sites for hydroxylation is 1. The average Bonchev–Trinajstić information content (AvgIpc) is 3.09. The molecule has 3 aromatic heterocycles. The van der Waals surface area contributed by atoms with Crippen LogP contribution in [0.25, 0.3) is 5.82 Å². The Labute approximate surface area is 140 Å². The summed E-state index contributed by atoms with van der Waals surface area (Å²) < 4.78 is 39.6. The summed E-state index contributed by atoms with van der Waals surface area (Å²) in [7, 11) is 0. The summed E-state index contributed by atoms with van der Waals surface area (Å²) in [5.41, 5.74) is -0.567. The number of anilines is 1. The van der Waals surface area contributed by atoms with E-state index >= 15 is 0 Å². The highest BCUT2D eigenvalue weighted by Crippen LogP contribution is 2.28. The van der Waals surface area contributed by atoms with Crippen LogP contribution in [0.15, 0.2) is 49.2 Å². The molecule has 3 rings (SSSR count). The monoisotopic (exact) mass is 347 g/mol. The molecule has 0 bridgehead atoms. The molecule has 0 aliphatic heterocycles. The lowest BCUT2D eigenvalue weighted by molar-refractivity contribution is -0.141. The van der Waals surface area contributed by atoms with Crippen molar-refractivity contribution in [2.45, 2.75) is 13.1 Å². The van der Waals surface area contributed by atoms with E-state index in [1.54, 1.807) is 35.4 Å². The van der Waals surface area contributed by atoms with Crippen LogP contribution in [0.5, 0.6) is 0 Å². The first-order valence-corrected chi connectivity index (χ1v) is 7.15. The number of carbonyl (C=O) groups excluding carboxylic acids is 1. The molecule has 0 fully saturated rings. The zero-order chi connectivity index (χ0) is 18.0. The number of amides is 1. The molecule has 9 heteroatoms. The van der Waals surface area contributed by atoms with E-state index in [2.05, 4.69) is 20.3 Å². The van der Waals surface area contributed by atoms with E-state index < -0.39 is 17.8 Å². The largest absolute Gasteiger partial charge is 0.433 e. The maximum Gasteiger partial charge on any atom is 0.433 e. The fourth-order valence-corrected chi connectivity index (χ4v) is 2.16. The van der Waals surface area contributed by atoms with Crippen LogP contribution in [0.2, 0.25) is 0 Å². The fraction of sp³-hybridized carbons (Fsp3) is 0.125. The van der Waals surface area contributed by atoms with Crippen molar-refractivity contribution in [3.8, 4) is 5.82 Å². The van der Waals surface area contributed by atoms with Gasteiger partial charge in [-0.2, -0.15) is 13.2 Å². The van der Waals surface area contributed by atoms with Crippen molar-refractivity contribution >= 4 is 11.6 Å². The van der Waals surface area contributed by atoms with Crippen LogP contribution >= 0.6 is 0 Å². The molecule has 0 radical (unpaired) electrons. The van der Waals surface area contributed by atoms with Gasteiger partial charge in [0.2, 0.25) is 0 Å². The van der Waals surface area contributed by atoms with Crippen molar-refractivity contribution in [2.75, 3.05) is 5.32 Å². The SMILES string of the molecule is Cc1nc(C(F)(F)F)ccc1C(=O)Nc1ccc(-n2ccnc2)nc1. The second-order valence-corrected chi connectivity index (χ2v) is 5.16. The third kappa shape index (κ3) is 3.65. The zero-order valence-electron chi connectivity index (χ0n) is 12.9. The van der Waals surface area contributed by atoms with Crippen LogP contribution in [0, 0.1) is 6.92 Å². The van der Waals surface area contributed by atoms with Crippen molar-refractivity contribution < 1.29 is 18.0 Å². The Bertz CT molecular complexity index is 889. The molecule has 25 heavy (non-hydrogen) atoms. The fourth-order valence-electron chi connectivity index (χ4n) is 2.16. The normalized spacial score (nSPS) is 11.4. The average molecular weight is 347 g/mol. The molecule has 1 amide bonds. The first-order valence-electron chi connectivity index (χ1n) is 7.15. The third-order valence-corrected chi connectivity index (χ3v) is 3.40. The second-order valence-electron chi connectivity index (χ2n) is 5.16. The van der Waals surface area contributed by atoms with Gasteiger partial charge in [-0.1, -0.05) is 0 Å². The molecule has 6 nitrogen and oxygen atoms in total. The summed E-state index contributed by atoms with van der Waals surface area (Å²) in [6, 6.07) is 5.19.